The van der Waals surface area contributed by atoms with E-state index in [9.17, 15) is 0 Å². The van der Waals surface area contributed by atoms with Crippen LogP contribution in [0.25, 0.3) is 0 Å². The monoisotopic (exact) mass is 208 g/mol. The second-order valence-electron chi connectivity index (χ2n) is 3.20. The van der Waals surface area contributed by atoms with Crippen LogP contribution in [0.5, 0.6) is 0 Å². The van der Waals surface area contributed by atoms with Gasteiger partial charge in [0.05, 0.1) is 6.04 Å². The first-order valence-corrected chi connectivity index (χ1v) is 5.27. The smallest absolute Gasteiger partial charge is 0.200 e. The number of aryl methyl sites for hydroxylation is 1. The molecular weight excluding hydrogens is 196 g/mol. The van der Waals surface area contributed by atoms with Crippen molar-refractivity contribution in [3.8, 4) is 0 Å². The summed E-state index contributed by atoms with van der Waals surface area (Å²) < 4.78 is 1.91. The average Bonchev–Trinajstić information content (AvgIpc) is 2.73. The quantitative estimate of drug-likeness (QED) is 0.819. The van der Waals surface area contributed by atoms with Gasteiger partial charge in [-0.3, -0.25) is 0 Å². The van der Waals surface area contributed by atoms with E-state index in [1.807, 2.05) is 23.1 Å². The molecule has 1 atom stereocenters. The molecule has 0 spiro atoms. The Morgan fingerprint density at radius 2 is 2.36 bits per heavy atom. The molecule has 0 saturated carbocycles. The standard InChI is InChI=1S/C9H12N4S/c1-6-5-14-8(12-6)7(2)13-4-3-11-9(13)10/h3-5,7H,1-2H3,(H2,10,11). The van der Waals surface area contributed by atoms with Crippen molar-refractivity contribution in [1.29, 1.82) is 0 Å². The minimum absolute atomic E-state index is 0.163. The molecular formula is C9H12N4S. The summed E-state index contributed by atoms with van der Waals surface area (Å²) >= 11 is 1.65. The van der Waals surface area contributed by atoms with Gasteiger partial charge in [-0.15, -0.1) is 11.3 Å². The third-order valence-electron chi connectivity index (χ3n) is 2.11. The summed E-state index contributed by atoms with van der Waals surface area (Å²) in [4.78, 5) is 8.41. The molecule has 0 aliphatic carbocycles. The van der Waals surface area contributed by atoms with Gasteiger partial charge < -0.3 is 10.3 Å². The van der Waals surface area contributed by atoms with Crippen LogP contribution in [0.4, 0.5) is 5.95 Å². The van der Waals surface area contributed by atoms with Crippen LogP contribution >= 0.6 is 11.3 Å². The Bertz CT molecular complexity index is 431. The molecule has 0 bridgehead atoms. The predicted molar refractivity (Wildman–Crippen MR) is 57.3 cm³/mol. The minimum atomic E-state index is 0.163. The van der Waals surface area contributed by atoms with E-state index in [0.717, 1.165) is 10.7 Å². The van der Waals surface area contributed by atoms with Crippen molar-refractivity contribution in [3.05, 3.63) is 28.5 Å². The number of hydrogen-bond donors (Lipinski definition) is 1. The van der Waals surface area contributed by atoms with Crippen LogP contribution in [0.1, 0.15) is 23.7 Å². The van der Waals surface area contributed by atoms with Gasteiger partial charge in [0.2, 0.25) is 5.95 Å². The summed E-state index contributed by atoms with van der Waals surface area (Å²) in [6.07, 6.45) is 3.57. The average molecular weight is 208 g/mol. The second-order valence-corrected chi connectivity index (χ2v) is 4.09. The summed E-state index contributed by atoms with van der Waals surface area (Å²) in [5.74, 6) is 0.533. The summed E-state index contributed by atoms with van der Waals surface area (Å²) in [6.45, 7) is 4.06. The minimum Gasteiger partial charge on any atom is -0.369 e. The number of imidazole rings is 1. The lowest BCUT2D eigenvalue weighted by atomic mass is 10.3. The Morgan fingerprint density at radius 1 is 1.57 bits per heavy atom. The molecule has 0 fully saturated rings. The predicted octanol–water partition coefficient (Wildman–Crippen LogP) is 1.84. The number of hydrogen-bond acceptors (Lipinski definition) is 4. The first-order valence-electron chi connectivity index (χ1n) is 4.39. The molecule has 74 valence electrons. The molecule has 2 aromatic rings. The van der Waals surface area contributed by atoms with Gasteiger partial charge in [0.25, 0.3) is 0 Å². The van der Waals surface area contributed by atoms with E-state index in [4.69, 9.17) is 5.73 Å². The molecule has 2 aromatic heterocycles. The largest absolute Gasteiger partial charge is 0.369 e. The van der Waals surface area contributed by atoms with Crippen LogP contribution in [0.2, 0.25) is 0 Å². The van der Waals surface area contributed by atoms with Gasteiger partial charge >= 0.3 is 0 Å². The maximum atomic E-state index is 5.71. The van der Waals surface area contributed by atoms with Crippen molar-refractivity contribution in [2.45, 2.75) is 19.9 Å². The molecule has 4 nitrogen and oxygen atoms in total. The van der Waals surface area contributed by atoms with Gasteiger partial charge in [0.1, 0.15) is 5.01 Å². The first-order chi connectivity index (χ1) is 6.68. The maximum Gasteiger partial charge on any atom is 0.200 e. The van der Waals surface area contributed by atoms with E-state index < -0.39 is 0 Å². The van der Waals surface area contributed by atoms with Gasteiger partial charge in [-0.25, -0.2) is 9.97 Å². The molecule has 1 unspecified atom stereocenters. The first kappa shape index (κ1) is 9.21. The van der Waals surface area contributed by atoms with Crippen LogP contribution in [0.3, 0.4) is 0 Å². The van der Waals surface area contributed by atoms with E-state index in [-0.39, 0.29) is 6.04 Å². The Balaban J connectivity index is 2.33. The lowest BCUT2D eigenvalue weighted by molar-refractivity contribution is 0.642. The Morgan fingerprint density at radius 3 is 2.86 bits per heavy atom. The van der Waals surface area contributed by atoms with Crippen LogP contribution in [0, 0.1) is 6.92 Å². The van der Waals surface area contributed by atoms with Gasteiger partial charge in [0, 0.05) is 23.5 Å². The van der Waals surface area contributed by atoms with Gasteiger partial charge in [-0.2, -0.15) is 0 Å². The van der Waals surface area contributed by atoms with Crippen LogP contribution < -0.4 is 5.73 Å². The fourth-order valence-corrected chi connectivity index (χ4v) is 2.19. The van der Waals surface area contributed by atoms with Gasteiger partial charge in [-0.1, -0.05) is 0 Å². The molecule has 2 rings (SSSR count). The number of anilines is 1. The Labute approximate surface area is 86.4 Å². The highest BCUT2D eigenvalue weighted by Gasteiger charge is 2.12. The number of nitrogens with two attached hydrogens (primary N) is 1. The van der Waals surface area contributed by atoms with Crippen molar-refractivity contribution in [2.24, 2.45) is 0 Å². The van der Waals surface area contributed by atoms with E-state index in [1.165, 1.54) is 0 Å². The third kappa shape index (κ3) is 1.50. The lowest BCUT2D eigenvalue weighted by Gasteiger charge is -2.11. The fraction of sp³-hybridized carbons (Fsp3) is 0.333. The number of thiazole rings is 1. The molecule has 0 aromatic carbocycles. The van der Waals surface area contributed by atoms with Crippen molar-refractivity contribution >= 4 is 17.3 Å². The molecule has 0 amide bonds. The topological polar surface area (TPSA) is 56.7 Å². The molecule has 14 heavy (non-hydrogen) atoms. The lowest BCUT2D eigenvalue weighted by Crippen LogP contribution is -2.08. The van der Waals surface area contributed by atoms with Crippen LogP contribution in [0.15, 0.2) is 17.8 Å². The Kier molecular flexibility index (Phi) is 2.25. The summed E-state index contributed by atoms with van der Waals surface area (Å²) in [6, 6.07) is 0.163. The van der Waals surface area contributed by atoms with Gasteiger partial charge in [0.15, 0.2) is 0 Å². The zero-order valence-corrected chi connectivity index (χ0v) is 8.95. The normalized spacial score (nSPS) is 13.0. The molecule has 0 aliphatic heterocycles. The van der Waals surface area contributed by atoms with E-state index in [1.54, 1.807) is 17.5 Å². The number of nitrogens with zero attached hydrogens (tertiary/aromatic N) is 3. The fourth-order valence-electron chi connectivity index (χ4n) is 1.34. The summed E-state index contributed by atoms with van der Waals surface area (Å²) in [5, 5.41) is 3.10. The number of aromatic nitrogens is 3. The van der Waals surface area contributed by atoms with Crippen molar-refractivity contribution in [2.75, 3.05) is 5.73 Å². The molecule has 2 heterocycles. The number of nitrogen functional groups attached to an aromatic ring is 1. The highest BCUT2D eigenvalue weighted by Crippen LogP contribution is 2.23. The molecule has 0 aliphatic rings. The van der Waals surface area contributed by atoms with Gasteiger partial charge in [-0.05, 0) is 13.8 Å². The SMILES string of the molecule is Cc1csc(C(C)n2ccnc2N)n1. The Hall–Kier alpha value is -1.36. The van der Waals surface area contributed by atoms with Crippen molar-refractivity contribution in [1.82, 2.24) is 14.5 Å². The van der Waals surface area contributed by atoms with Crippen LogP contribution in [-0.4, -0.2) is 14.5 Å². The molecule has 0 saturated heterocycles. The second kappa shape index (κ2) is 3.42. The molecule has 2 N–H and O–H groups in total. The summed E-state index contributed by atoms with van der Waals surface area (Å²) in [7, 11) is 0. The van der Waals surface area contributed by atoms with Crippen molar-refractivity contribution in [3.63, 3.8) is 0 Å². The summed E-state index contributed by atoms with van der Waals surface area (Å²) in [5.41, 5.74) is 6.77. The van der Waals surface area contributed by atoms with E-state index in [0.29, 0.717) is 5.95 Å². The molecule has 5 heteroatoms. The highest BCUT2D eigenvalue weighted by molar-refractivity contribution is 7.09. The zero-order valence-electron chi connectivity index (χ0n) is 8.14. The van der Waals surface area contributed by atoms with Crippen molar-refractivity contribution < 1.29 is 0 Å². The van der Waals surface area contributed by atoms with E-state index in [2.05, 4.69) is 16.9 Å². The number of rotatable bonds is 2. The highest BCUT2D eigenvalue weighted by atomic mass is 32.1. The van der Waals surface area contributed by atoms with E-state index >= 15 is 0 Å². The maximum absolute atomic E-state index is 5.71. The van der Waals surface area contributed by atoms with Crippen LogP contribution in [-0.2, 0) is 0 Å². The molecule has 0 radical (unpaired) electrons. The zero-order chi connectivity index (χ0) is 10.1. The third-order valence-corrected chi connectivity index (χ3v) is 3.24.